The summed E-state index contributed by atoms with van der Waals surface area (Å²) in [6.07, 6.45) is 5.93. The highest BCUT2D eigenvalue weighted by Crippen LogP contribution is 2.39. The number of likely N-dealkylation sites (tertiary alicyclic amines) is 1. The van der Waals surface area contributed by atoms with E-state index in [1.807, 2.05) is 18.2 Å². The summed E-state index contributed by atoms with van der Waals surface area (Å²) < 4.78 is 0.995. The topological polar surface area (TPSA) is 94.1 Å². The normalized spacial score (nSPS) is 21.6. The number of phenols is 1. The minimum atomic E-state index is 0.172. The minimum Gasteiger partial charge on any atom is -0.507 e. The van der Waals surface area contributed by atoms with Gasteiger partial charge in [0, 0.05) is 36.5 Å². The number of fused-ring (bicyclic) bond motifs is 2. The van der Waals surface area contributed by atoms with Crippen molar-refractivity contribution >= 4 is 26.8 Å². The van der Waals surface area contributed by atoms with Gasteiger partial charge in [0.2, 0.25) is 0 Å². The van der Waals surface area contributed by atoms with Crippen molar-refractivity contribution in [2.45, 2.75) is 18.9 Å². The third kappa shape index (κ3) is 3.24. The van der Waals surface area contributed by atoms with Crippen LogP contribution in [0.15, 0.2) is 36.7 Å². The molecule has 4 aromatic rings. The summed E-state index contributed by atoms with van der Waals surface area (Å²) in [5.41, 5.74) is 3.81. The molecular weight excluding hydrogens is 410 g/mol. The molecule has 2 fully saturated rings. The van der Waals surface area contributed by atoms with Crippen LogP contribution >= 0.6 is 11.3 Å². The number of hydrogen-bond donors (Lipinski definition) is 2. The third-order valence-electron chi connectivity index (χ3n) is 6.53. The number of H-pyrrole nitrogens is 1. The first-order chi connectivity index (χ1) is 15.2. The molecule has 31 heavy (non-hydrogen) atoms. The van der Waals surface area contributed by atoms with Crippen molar-refractivity contribution in [3.05, 3.63) is 36.7 Å². The summed E-state index contributed by atoms with van der Waals surface area (Å²) in [7, 11) is 2.21. The number of aromatic hydroxyl groups is 1. The van der Waals surface area contributed by atoms with Gasteiger partial charge in [0.25, 0.3) is 0 Å². The number of hydrogen-bond acceptors (Lipinski definition) is 8. The molecule has 5 heterocycles. The molecule has 9 heteroatoms. The van der Waals surface area contributed by atoms with Crippen LogP contribution < -0.4 is 4.90 Å². The lowest BCUT2D eigenvalue weighted by atomic mass is 9.93. The fourth-order valence-corrected chi connectivity index (χ4v) is 5.95. The number of thiazole rings is 1. The number of anilines is 1. The summed E-state index contributed by atoms with van der Waals surface area (Å²) in [5, 5.41) is 27.1. The van der Waals surface area contributed by atoms with Crippen LogP contribution in [0, 0.1) is 5.92 Å². The number of aromatic amines is 1. The first-order valence-corrected chi connectivity index (χ1v) is 11.4. The van der Waals surface area contributed by atoms with E-state index in [-0.39, 0.29) is 5.75 Å². The molecule has 1 aromatic carbocycles. The number of phenolic OH excluding ortho intramolecular Hbond substituents is 1. The molecule has 158 valence electrons. The molecule has 3 aromatic heterocycles. The Bertz CT molecular complexity index is 1240. The van der Waals surface area contributed by atoms with Gasteiger partial charge >= 0.3 is 0 Å². The second kappa shape index (κ2) is 7.28. The fourth-order valence-electron chi connectivity index (χ4n) is 4.93. The molecule has 0 spiro atoms. The minimum absolute atomic E-state index is 0.172. The Kier molecular flexibility index (Phi) is 4.39. The largest absolute Gasteiger partial charge is 0.507 e. The number of piperidine rings is 1. The van der Waals surface area contributed by atoms with Crippen LogP contribution in [0.4, 0.5) is 5.13 Å². The lowest BCUT2D eigenvalue weighted by Crippen LogP contribution is -2.44. The van der Waals surface area contributed by atoms with Gasteiger partial charge < -0.3 is 14.9 Å². The monoisotopic (exact) mass is 433 g/mol. The molecule has 0 saturated carbocycles. The molecule has 2 atom stereocenters. The van der Waals surface area contributed by atoms with E-state index in [9.17, 15) is 5.11 Å². The molecule has 0 bridgehead atoms. The van der Waals surface area contributed by atoms with Gasteiger partial charge in [-0.2, -0.15) is 10.1 Å². The zero-order valence-electron chi connectivity index (χ0n) is 17.2. The number of rotatable bonds is 3. The van der Waals surface area contributed by atoms with Gasteiger partial charge in [0.15, 0.2) is 10.8 Å². The van der Waals surface area contributed by atoms with E-state index in [0.717, 1.165) is 40.0 Å². The molecule has 6 rings (SSSR count). The Morgan fingerprint density at radius 3 is 2.90 bits per heavy atom. The summed E-state index contributed by atoms with van der Waals surface area (Å²) in [4.78, 5) is 9.70. The highest BCUT2D eigenvalue weighted by Gasteiger charge is 2.38. The molecule has 2 aliphatic heterocycles. The van der Waals surface area contributed by atoms with Gasteiger partial charge in [-0.05, 0) is 56.1 Å². The molecule has 0 radical (unpaired) electrons. The maximum atomic E-state index is 10.6. The van der Waals surface area contributed by atoms with Crippen molar-refractivity contribution in [3.8, 4) is 28.1 Å². The van der Waals surface area contributed by atoms with Gasteiger partial charge in [-0.15, -0.1) is 10.2 Å². The Balaban J connectivity index is 1.31. The molecule has 0 aliphatic carbocycles. The van der Waals surface area contributed by atoms with Gasteiger partial charge in [0.05, 0.1) is 16.6 Å². The Morgan fingerprint density at radius 2 is 2.06 bits per heavy atom. The number of benzene rings is 1. The zero-order valence-corrected chi connectivity index (χ0v) is 18.0. The maximum absolute atomic E-state index is 10.6. The molecular formula is C22H23N7OS. The van der Waals surface area contributed by atoms with E-state index >= 15 is 0 Å². The Morgan fingerprint density at radius 1 is 1.13 bits per heavy atom. The van der Waals surface area contributed by atoms with Gasteiger partial charge in [-0.1, -0.05) is 17.4 Å². The zero-order chi connectivity index (χ0) is 20.9. The number of nitrogens with one attached hydrogen (secondary N) is 1. The van der Waals surface area contributed by atoms with Crippen molar-refractivity contribution in [2.24, 2.45) is 5.92 Å². The SMILES string of the molecule is CN1CC[C@@H]2[C@@H](CCN2c2nc3nnc(-c4ccc(-c5cn[nH]c5)cc4O)cc3s2)C1. The first kappa shape index (κ1) is 18.7. The summed E-state index contributed by atoms with van der Waals surface area (Å²) in [6.45, 7) is 3.37. The molecule has 2 N–H and O–H groups in total. The predicted molar refractivity (Wildman–Crippen MR) is 121 cm³/mol. The highest BCUT2D eigenvalue weighted by molar-refractivity contribution is 7.22. The van der Waals surface area contributed by atoms with E-state index in [4.69, 9.17) is 4.98 Å². The van der Waals surface area contributed by atoms with Crippen molar-refractivity contribution in [1.82, 2.24) is 30.3 Å². The molecule has 0 amide bonds. The van der Waals surface area contributed by atoms with Crippen molar-refractivity contribution in [2.75, 3.05) is 31.6 Å². The second-order valence-corrected chi connectivity index (χ2v) is 9.50. The molecule has 8 nitrogen and oxygen atoms in total. The van der Waals surface area contributed by atoms with E-state index in [1.54, 1.807) is 29.8 Å². The first-order valence-electron chi connectivity index (χ1n) is 10.6. The van der Waals surface area contributed by atoms with Crippen molar-refractivity contribution < 1.29 is 5.11 Å². The quantitative estimate of drug-likeness (QED) is 0.511. The van der Waals surface area contributed by atoms with Crippen LogP contribution in [0.2, 0.25) is 0 Å². The standard InChI is InChI=1S/C22H23N7OS/c1-28-6-5-18-14(12-28)4-7-29(18)22-25-21-20(31-22)9-17(26-27-21)16-3-2-13(8-19(16)30)15-10-23-24-11-15/h2-3,8-11,14,18,30H,4-7,12H2,1H3,(H,23,24)/t14-,18+/m0/s1. The smallest absolute Gasteiger partial charge is 0.194 e. The van der Waals surface area contributed by atoms with Gasteiger partial charge in [-0.25, -0.2) is 0 Å². The Labute approximate surface area is 183 Å². The lowest BCUT2D eigenvalue weighted by Gasteiger charge is -2.36. The summed E-state index contributed by atoms with van der Waals surface area (Å²) in [6, 6.07) is 8.11. The van der Waals surface area contributed by atoms with E-state index in [1.165, 1.54) is 19.4 Å². The highest BCUT2D eigenvalue weighted by atomic mass is 32.1. The summed E-state index contributed by atoms with van der Waals surface area (Å²) in [5.74, 6) is 0.892. The second-order valence-electron chi connectivity index (χ2n) is 8.49. The van der Waals surface area contributed by atoms with Gasteiger partial charge in [0.1, 0.15) is 5.75 Å². The number of nitrogens with zero attached hydrogens (tertiary/aromatic N) is 6. The van der Waals surface area contributed by atoms with Crippen molar-refractivity contribution in [1.29, 1.82) is 0 Å². The van der Waals surface area contributed by atoms with Crippen molar-refractivity contribution in [3.63, 3.8) is 0 Å². The van der Waals surface area contributed by atoms with Crippen LogP contribution in [0.25, 0.3) is 32.7 Å². The third-order valence-corrected chi connectivity index (χ3v) is 7.56. The number of aromatic nitrogens is 5. The van der Waals surface area contributed by atoms with Crippen LogP contribution in [0.1, 0.15) is 12.8 Å². The Hall–Kier alpha value is -3.04. The summed E-state index contributed by atoms with van der Waals surface area (Å²) >= 11 is 1.67. The van der Waals surface area contributed by atoms with E-state index in [2.05, 4.69) is 37.2 Å². The van der Waals surface area contributed by atoms with Gasteiger partial charge in [-0.3, -0.25) is 5.10 Å². The lowest BCUT2D eigenvalue weighted by molar-refractivity contribution is 0.202. The van der Waals surface area contributed by atoms with Crippen LogP contribution in [-0.4, -0.2) is 68.1 Å². The van der Waals surface area contributed by atoms with Crippen LogP contribution in [-0.2, 0) is 0 Å². The van der Waals surface area contributed by atoms with E-state index < -0.39 is 0 Å². The predicted octanol–water partition coefficient (Wildman–Crippen LogP) is 3.38. The fraction of sp³-hybridized carbons (Fsp3) is 0.364. The van der Waals surface area contributed by atoms with Crippen LogP contribution in [0.3, 0.4) is 0 Å². The average Bonchev–Trinajstić information content (AvgIpc) is 3.51. The average molecular weight is 434 g/mol. The van der Waals surface area contributed by atoms with Crippen LogP contribution in [0.5, 0.6) is 5.75 Å². The molecule has 0 unspecified atom stereocenters. The maximum Gasteiger partial charge on any atom is 0.194 e. The molecule has 2 aliphatic rings. The molecule has 2 saturated heterocycles. The van der Waals surface area contributed by atoms with E-state index in [0.29, 0.717) is 22.9 Å².